The van der Waals surface area contributed by atoms with E-state index in [-0.39, 0.29) is 5.41 Å². The zero-order valence-electron chi connectivity index (χ0n) is 13.5. The van der Waals surface area contributed by atoms with E-state index in [0.29, 0.717) is 5.41 Å². The molecular formula is C18H29NO. The fourth-order valence-electron chi connectivity index (χ4n) is 3.53. The van der Waals surface area contributed by atoms with Crippen molar-refractivity contribution in [2.45, 2.75) is 58.3 Å². The van der Waals surface area contributed by atoms with E-state index in [2.05, 4.69) is 39.0 Å². The molecule has 0 amide bonds. The molecule has 0 atom stereocenters. The lowest BCUT2D eigenvalue weighted by Gasteiger charge is -2.30. The SMILES string of the molecule is COc1ccc(CC(C)(C)C)cc1C1(CN)CCCC1. The van der Waals surface area contributed by atoms with Crippen LogP contribution >= 0.6 is 0 Å². The second-order valence-corrected chi connectivity index (χ2v) is 7.46. The van der Waals surface area contributed by atoms with Gasteiger partial charge in [0.25, 0.3) is 0 Å². The topological polar surface area (TPSA) is 35.2 Å². The Labute approximate surface area is 123 Å². The van der Waals surface area contributed by atoms with Crippen LogP contribution in [0.2, 0.25) is 0 Å². The van der Waals surface area contributed by atoms with Crippen LogP contribution in [0.4, 0.5) is 0 Å². The Hall–Kier alpha value is -1.02. The van der Waals surface area contributed by atoms with E-state index in [1.54, 1.807) is 7.11 Å². The van der Waals surface area contributed by atoms with Gasteiger partial charge in [0.2, 0.25) is 0 Å². The average Bonchev–Trinajstić information content (AvgIpc) is 2.86. The molecule has 20 heavy (non-hydrogen) atoms. The minimum absolute atomic E-state index is 0.138. The summed E-state index contributed by atoms with van der Waals surface area (Å²) in [4.78, 5) is 0. The lowest BCUT2D eigenvalue weighted by molar-refractivity contribution is 0.375. The van der Waals surface area contributed by atoms with Gasteiger partial charge in [-0.25, -0.2) is 0 Å². The van der Waals surface area contributed by atoms with Gasteiger partial charge in [0.1, 0.15) is 5.75 Å². The Morgan fingerprint density at radius 1 is 1.20 bits per heavy atom. The van der Waals surface area contributed by atoms with Gasteiger partial charge in [0.15, 0.2) is 0 Å². The predicted molar refractivity (Wildman–Crippen MR) is 85.4 cm³/mol. The Morgan fingerprint density at radius 2 is 1.85 bits per heavy atom. The molecule has 0 heterocycles. The van der Waals surface area contributed by atoms with Crippen LogP contribution in [0.1, 0.15) is 57.6 Å². The van der Waals surface area contributed by atoms with E-state index in [0.717, 1.165) is 18.7 Å². The Balaban J connectivity index is 2.41. The molecule has 1 aromatic carbocycles. The maximum absolute atomic E-state index is 6.15. The van der Waals surface area contributed by atoms with Gasteiger partial charge in [-0.2, -0.15) is 0 Å². The molecule has 2 nitrogen and oxygen atoms in total. The third-order valence-corrected chi connectivity index (χ3v) is 4.52. The molecule has 0 radical (unpaired) electrons. The van der Waals surface area contributed by atoms with E-state index in [9.17, 15) is 0 Å². The Morgan fingerprint density at radius 3 is 2.35 bits per heavy atom. The Bertz CT molecular complexity index is 453. The standard InChI is InChI=1S/C18H29NO/c1-17(2,3)12-14-7-8-16(20-4)15(11-14)18(13-19)9-5-6-10-18/h7-8,11H,5-6,9-10,12-13,19H2,1-4H3. The molecule has 2 N–H and O–H groups in total. The summed E-state index contributed by atoms with van der Waals surface area (Å²) in [5.41, 5.74) is 9.32. The number of ether oxygens (including phenoxy) is 1. The summed E-state index contributed by atoms with van der Waals surface area (Å²) < 4.78 is 5.61. The summed E-state index contributed by atoms with van der Waals surface area (Å²) in [7, 11) is 1.77. The number of benzene rings is 1. The van der Waals surface area contributed by atoms with Crippen molar-refractivity contribution in [3.05, 3.63) is 29.3 Å². The summed E-state index contributed by atoms with van der Waals surface area (Å²) in [5.74, 6) is 1.01. The fraction of sp³-hybridized carbons (Fsp3) is 0.667. The van der Waals surface area contributed by atoms with Crippen LogP contribution in [0.5, 0.6) is 5.75 Å². The van der Waals surface area contributed by atoms with Crippen LogP contribution in [-0.2, 0) is 11.8 Å². The van der Waals surface area contributed by atoms with Gasteiger partial charge in [-0.1, -0.05) is 45.7 Å². The summed E-state index contributed by atoms with van der Waals surface area (Å²) in [6.07, 6.45) is 6.04. The highest BCUT2D eigenvalue weighted by Crippen LogP contribution is 2.44. The minimum atomic E-state index is 0.138. The van der Waals surface area contributed by atoms with Crippen LogP contribution < -0.4 is 10.5 Å². The van der Waals surface area contributed by atoms with Crippen molar-refractivity contribution in [2.24, 2.45) is 11.1 Å². The van der Waals surface area contributed by atoms with E-state index in [1.807, 2.05) is 0 Å². The molecule has 0 unspecified atom stereocenters. The molecule has 0 spiro atoms. The first-order chi connectivity index (χ1) is 9.40. The first kappa shape index (κ1) is 15.4. The average molecular weight is 275 g/mol. The normalized spacial score (nSPS) is 18.2. The van der Waals surface area contributed by atoms with E-state index < -0.39 is 0 Å². The molecule has 1 aliphatic rings. The first-order valence-corrected chi connectivity index (χ1v) is 7.78. The van der Waals surface area contributed by atoms with Crippen molar-refractivity contribution in [3.8, 4) is 5.75 Å². The lowest BCUT2D eigenvalue weighted by Crippen LogP contribution is -2.32. The summed E-state index contributed by atoms with van der Waals surface area (Å²) in [6.45, 7) is 7.57. The van der Waals surface area contributed by atoms with Crippen LogP contribution in [0.15, 0.2) is 18.2 Å². The van der Waals surface area contributed by atoms with Crippen LogP contribution in [0, 0.1) is 5.41 Å². The number of hydrogen-bond acceptors (Lipinski definition) is 2. The molecule has 1 saturated carbocycles. The molecule has 1 aliphatic carbocycles. The van der Waals surface area contributed by atoms with Crippen molar-refractivity contribution in [1.29, 1.82) is 0 Å². The predicted octanol–water partition coefficient (Wildman–Crippen LogP) is 4.05. The molecule has 0 aromatic heterocycles. The van der Waals surface area contributed by atoms with Gasteiger partial charge in [-0.05, 0) is 36.3 Å². The fourth-order valence-corrected chi connectivity index (χ4v) is 3.53. The number of nitrogens with two attached hydrogens (primary N) is 1. The summed E-state index contributed by atoms with van der Waals surface area (Å²) >= 11 is 0. The van der Waals surface area contributed by atoms with Crippen molar-refractivity contribution in [1.82, 2.24) is 0 Å². The second kappa shape index (κ2) is 5.77. The van der Waals surface area contributed by atoms with E-state index in [4.69, 9.17) is 10.5 Å². The van der Waals surface area contributed by atoms with Crippen LogP contribution in [-0.4, -0.2) is 13.7 Å². The zero-order chi connectivity index (χ0) is 14.8. The highest BCUT2D eigenvalue weighted by atomic mass is 16.5. The molecule has 0 saturated heterocycles. The summed E-state index contributed by atoms with van der Waals surface area (Å²) in [5, 5.41) is 0. The second-order valence-electron chi connectivity index (χ2n) is 7.46. The van der Waals surface area contributed by atoms with Gasteiger partial charge in [0, 0.05) is 17.5 Å². The van der Waals surface area contributed by atoms with Crippen LogP contribution in [0.25, 0.3) is 0 Å². The number of methoxy groups -OCH3 is 1. The molecule has 112 valence electrons. The molecule has 1 aromatic rings. The molecule has 0 aliphatic heterocycles. The number of rotatable bonds is 4. The smallest absolute Gasteiger partial charge is 0.122 e. The molecule has 1 fully saturated rings. The van der Waals surface area contributed by atoms with Crippen molar-refractivity contribution in [2.75, 3.05) is 13.7 Å². The number of hydrogen-bond donors (Lipinski definition) is 1. The van der Waals surface area contributed by atoms with Crippen molar-refractivity contribution in [3.63, 3.8) is 0 Å². The van der Waals surface area contributed by atoms with Crippen LogP contribution in [0.3, 0.4) is 0 Å². The quantitative estimate of drug-likeness (QED) is 0.899. The molecule has 2 heteroatoms. The van der Waals surface area contributed by atoms with E-state index >= 15 is 0 Å². The van der Waals surface area contributed by atoms with Crippen molar-refractivity contribution < 1.29 is 4.74 Å². The monoisotopic (exact) mass is 275 g/mol. The Kier molecular flexibility index (Phi) is 4.43. The maximum Gasteiger partial charge on any atom is 0.122 e. The zero-order valence-corrected chi connectivity index (χ0v) is 13.5. The van der Waals surface area contributed by atoms with Gasteiger partial charge in [0.05, 0.1) is 7.11 Å². The van der Waals surface area contributed by atoms with Crippen molar-refractivity contribution >= 4 is 0 Å². The molecule has 2 rings (SSSR count). The van der Waals surface area contributed by atoms with Gasteiger partial charge in [-0.3, -0.25) is 0 Å². The van der Waals surface area contributed by atoms with E-state index in [1.165, 1.54) is 36.8 Å². The van der Waals surface area contributed by atoms with Gasteiger partial charge in [-0.15, -0.1) is 0 Å². The summed E-state index contributed by atoms with van der Waals surface area (Å²) in [6, 6.07) is 6.68. The highest BCUT2D eigenvalue weighted by molar-refractivity contribution is 5.44. The van der Waals surface area contributed by atoms with Gasteiger partial charge >= 0.3 is 0 Å². The molecular weight excluding hydrogens is 246 g/mol. The minimum Gasteiger partial charge on any atom is -0.496 e. The maximum atomic E-state index is 6.15. The third kappa shape index (κ3) is 3.17. The molecule has 0 bridgehead atoms. The lowest BCUT2D eigenvalue weighted by atomic mass is 9.77. The van der Waals surface area contributed by atoms with Gasteiger partial charge < -0.3 is 10.5 Å². The first-order valence-electron chi connectivity index (χ1n) is 7.78. The third-order valence-electron chi connectivity index (χ3n) is 4.52. The largest absolute Gasteiger partial charge is 0.496 e. The highest BCUT2D eigenvalue weighted by Gasteiger charge is 2.36.